The molecule has 1 aromatic heterocycles. The number of aliphatic hydroxyl groups is 1. The number of unbranched alkanes of at least 4 members (excludes halogenated alkanes) is 1. The molecule has 1 unspecified atom stereocenters. The third kappa shape index (κ3) is 3.55. The van der Waals surface area contributed by atoms with E-state index in [2.05, 4.69) is 17.1 Å². The summed E-state index contributed by atoms with van der Waals surface area (Å²) in [6, 6.07) is 0. The molecular weight excluding hydrogens is 168 g/mol. The highest BCUT2D eigenvalue weighted by atomic mass is 16.5. The van der Waals surface area contributed by atoms with Gasteiger partial charge < -0.3 is 9.63 Å². The molecule has 0 radical (unpaired) electrons. The summed E-state index contributed by atoms with van der Waals surface area (Å²) in [6.07, 6.45) is 3.09. The molecule has 1 atom stereocenters. The van der Waals surface area contributed by atoms with Crippen molar-refractivity contribution in [2.45, 2.75) is 45.6 Å². The predicted octanol–water partition coefficient (Wildman–Crippen LogP) is 1.34. The summed E-state index contributed by atoms with van der Waals surface area (Å²) in [4.78, 5) is 4.15. The third-order valence-electron chi connectivity index (χ3n) is 1.73. The monoisotopic (exact) mass is 184 g/mol. The molecule has 0 aromatic carbocycles. The van der Waals surface area contributed by atoms with Gasteiger partial charge in [-0.15, -0.1) is 0 Å². The molecule has 0 fully saturated rings. The van der Waals surface area contributed by atoms with Crippen LogP contribution in [0, 0.1) is 0 Å². The summed E-state index contributed by atoms with van der Waals surface area (Å²) >= 11 is 0. The molecule has 1 heterocycles. The van der Waals surface area contributed by atoms with Gasteiger partial charge in [-0.2, -0.15) is 4.98 Å². The number of aliphatic hydroxyl groups excluding tert-OH is 1. The molecule has 4 heteroatoms. The number of nitrogens with zero attached hydrogens (tertiary/aromatic N) is 2. The van der Waals surface area contributed by atoms with Crippen LogP contribution in [0.2, 0.25) is 0 Å². The van der Waals surface area contributed by atoms with E-state index < -0.39 is 6.10 Å². The fraction of sp³-hybridized carbons (Fsp3) is 0.778. The summed E-state index contributed by atoms with van der Waals surface area (Å²) in [7, 11) is 0. The second-order valence-electron chi connectivity index (χ2n) is 3.26. The first-order valence-corrected chi connectivity index (χ1v) is 4.72. The van der Waals surface area contributed by atoms with Crippen LogP contribution >= 0.6 is 0 Å². The van der Waals surface area contributed by atoms with E-state index in [1.807, 2.05) is 0 Å². The van der Waals surface area contributed by atoms with Crippen molar-refractivity contribution in [3.8, 4) is 0 Å². The van der Waals surface area contributed by atoms with E-state index in [0.717, 1.165) is 25.1 Å². The number of aryl methyl sites for hydroxylation is 1. The highest BCUT2D eigenvalue weighted by Gasteiger charge is 2.07. The van der Waals surface area contributed by atoms with Crippen molar-refractivity contribution in [2.75, 3.05) is 0 Å². The molecule has 0 aliphatic carbocycles. The van der Waals surface area contributed by atoms with Gasteiger partial charge in [-0.3, -0.25) is 0 Å². The maximum absolute atomic E-state index is 9.06. The highest BCUT2D eigenvalue weighted by molar-refractivity contribution is 4.87. The zero-order chi connectivity index (χ0) is 9.68. The van der Waals surface area contributed by atoms with Gasteiger partial charge in [0.25, 0.3) is 0 Å². The largest absolute Gasteiger partial charge is 0.393 e. The Morgan fingerprint density at radius 1 is 1.54 bits per heavy atom. The van der Waals surface area contributed by atoms with E-state index >= 15 is 0 Å². The van der Waals surface area contributed by atoms with Gasteiger partial charge in [0.15, 0.2) is 5.82 Å². The SMILES string of the molecule is CCCCc1noc(CC(C)O)n1. The molecule has 1 rings (SSSR count). The van der Waals surface area contributed by atoms with Crippen LogP contribution in [0.1, 0.15) is 38.4 Å². The molecule has 74 valence electrons. The van der Waals surface area contributed by atoms with Crippen molar-refractivity contribution in [2.24, 2.45) is 0 Å². The molecule has 0 aliphatic heterocycles. The van der Waals surface area contributed by atoms with Gasteiger partial charge >= 0.3 is 0 Å². The lowest BCUT2D eigenvalue weighted by Gasteiger charge is -1.95. The van der Waals surface area contributed by atoms with Gasteiger partial charge in [0.1, 0.15) is 0 Å². The number of rotatable bonds is 5. The minimum atomic E-state index is -0.417. The second-order valence-corrected chi connectivity index (χ2v) is 3.26. The lowest BCUT2D eigenvalue weighted by Crippen LogP contribution is -2.04. The van der Waals surface area contributed by atoms with Crippen molar-refractivity contribution in [3.63, 3.8) is 0 Å². The van der Waals surface area contributed by atoms with E-state index in [9.17, 15) is 0 Å². The lowest BCUT2D eigenvalue weighted by molar-refractivity contribution is 0.181. The Morgan fingerprint density at radius 3 is 2.92 bits per heavy atom. The van der Waals surface area contributed by atoms with Crippen molar-refractivity contribution >= 4 is 0 Å². The predicted molar refractivity (Wildman–Crippen MR) is 48.3 cm³/mol. The van der Waals surface area contributed by atoms with Crippen LogP contribution in [0.5, 0.6) is 0 Å². The Morgan fingerprint density at radius 2 is 2.31 bits per heavy atom. The Bertz CT molecular complexity index is 246. The van der Waals surface area contributed by atoms with Gasteiger partial charge in [-0.1, -0.05) is 18.5 Å². The van der Waals surface area contributed by atoms with Crippen LogP contribution in [-0.2, 0) is 12.8 Å². The smallest absolute Gasteiger partial charge is 0.229 e. The van der Waals surface area contributed by atoms with Crippen LogP contribution in [-0.4, -0.2) is 21.4 Å². The summed E-state index contributed by atoms with van der Waals surface area (Å²) in [5.74, 6) is 1.28. The van der Waals surface area contributed by atoms with Gasteiger partial charge in [-0.05, 0) is 13.3 Å². The van der Waals surface area contributed by atoms with Crippen LogP contribution in [0.25, 0.3) is 0 Å². The van der Waals surface area contributed by atoms with E-state index in [4.69, 9.17) is 9.63 Å². The van der Waals surface area contributed by atoms with Crippen molar-refractivity contribution in [3.05, 3.63) is 11.7 Å². The lowest BCUT2D eigenvalue weighted by atomic mass is 10.2. The average Bonchev–Trinajstić information content (AvgIpc) is 2.48. The normalized spacial score (nSPS) is 13.2. The third-order valence-corrected chi connectivity index (χ3v) is 1.73. The van der Waals surface area contributed by atoms with Gasteiger partial charge in [0, 0.05) is 6.42 Å². The molecule has 1 N–H and O–H groups in total. The minimum absolute atomic E-state index is 0.417. The van der Waals surface area contributed by atoms with E-state index in [0.29, 0.717) is 12.3 Å². The maximum Gasteiger partial charge on any atom is 0.229 e. The van der Waals surface area contributed by atoms with Crippen molar-refractivity contribution in [1.82, 2.24) is 10.1 Å². The number of hydrogen-bond acceptors (Lipinski definition) is 4. The zero-order valence-electron chi connectivity index (χ0n) is 8.16. The van der Waals surface area contributed by atoms with Crippen LogP contribution in [0.4, 0.5) is 0 Å². The summed E-state index contributed by atoms with van der Waals surface area (Å²) < 4.78 is 4.95. The van der Waals surface area contributed by atoms with E-state index in [1.165, 1.54) is 0 Å². The molecule has 0 amide bonds. The average molecular weight is 184 g/mol. The molecule has 4 nitrogen and oxygen atoms in total. The quantitative estimate of drug-likeness (QED) is 0.750. The first-order chi connectivity index (χ1) is 6.22. The fourth-order valence-corrected chi connectivity index (χ4v) is 1.06. The summed E-state index contributed by atoms with van der Waals surface area (Å²) in [6.45, 7) is 3.83. The van der Waals surface area contributed by atoms with Crippen LogP contribution in [0.3, 0.4) is 0 Å². The Balaban J connectivity index is 2.44. The molecular formula is C9H16N2O2. The molecule has 0 spiro atoms. The minimum Gasteiger partial charge on any atom is -0.393 e. The fourth-order valence-electron chi connectivity index (χ4n) is 1.06. The second kappa shape index (κ2) is 4.97. The standard InChI is InChI=1S/C9H16N2O2/c1-3-4-5-8-10-9(13-11-8)6-7(2)12/h7,12H,3-6H2,1-2H3. The Labute approximate surface area is 78.0 Å². The van der Waals surface area contributed by atoms with E-state index in [1.54, 1.807) is 6.92 Å². The summed E-state index contributed by atoms with van der Waals surface area (Å²) in [5, 5.41) is 12.9. The molecule has 0 saturated heterocycles. The Hall–Kier alpha value is -0.900. The summed E-state index contributed by atoms with van der Waals surface area (Å²) in [5.41, 5.74) is 0. The van der Waals surface area contributed by atoms with Crippen molar-refractivity contribution < 1.29 is 9.63 Å². The number of hydrogen-bond donors (Lipinski definition) is 1. The highest BCUT2D eigenvalue weighted by Crippen LogP contribution is 2.04. The van der Waals surface area contributed by atoms with Gasteiger partial charge in [0.2, 0.25) is 5.89 Å². The number of aromatic nitrogens is 2. The molecule has 1 aromatic rings. The molecule has 0 aliphatic rings. The molecule has 13 heavy (non-hydrogen) atoms. The molecule has 0 saturated carbocycles. The zero-order valence-corrected chi connectivity index (χ0v) is 8.16. The first-order valence-electron chi connectivity index (χ1n) is 4.72. The van der Waals surface area contributed by atoms with E-state index in [-0.39, 0.29) is 0 Å². The first kappa shape index (κ1) is 10.2. The molecule has 0 bridgehead atoms. The Kier molecular flexibility index (Phi) is 3.89. The van der Waals surface area contributed by atoms with Gasteiger partial charge in [-0.25, -0.2) is 0 Å². The van der Waals surface area contributed by atoms with Gasteiger partial charge in [0.05, 0.1) is 12.5 Å². The topological polar surface area (TPSA) is 59.2 Å². The maximum atomic E-state index is 9.06. The van der Waals surface area contributed by atoms with Crippen molar-refractivity contribution in [1.29, 1.82) is 0 Å². The van der Waals surface area contributed by atoms with Crippen LogP contribution in [0.15, 0.2) is 4.52 Å². The van der Waals surface area contributed by atoms with Crippen LogP contribution < -0.4 is 0 Å².